The van der Waals surface area contributed by atoms with Crippen molar-refractivity contribution in [3.05, 3.63) is 0 Å². The van der Waals surface area contributed by atoms with Crippen molar-refractivity contribution >= 4 is 0 Å². The SMILES string of the molecule is CCN(CC(C)C)C(CN)C1CCCC1. The molecule has 2 heteroatoms. The zero-order valence-electron chi connectivity index (χ0n) is 10.7. The van der Waals surface area contributed by atoms with Crippen LogP contribution in [-0.2, 0) is 0 Å². The van der Waals surface area contributed by atoms with Crippen molar-refractivity contribution < 1.29 is 0 Å². The third-order valence-corrected chi connectivity index (χ3v) is 3.66. The molecule has 1 fully saturated rings. The smallest absolute Gasteiger partial charge is 0.0246 e. The first-order valence-corrected chi connectivity index (χ1v) is 6.63. The number of hydrogen-bond acceptors (Lipinski definition) is 2. The molecular formula is C13H28N2. The Balaban J connectivity index is 2.52. The Kier molecular flexibility index (Phi) is 5.62. The summed E-state index contributed by atoms with van der Waals surface area (Å²) in [5.41, 5.74) is 5.96. The fraction of sp³-hybridized carbons (Fsp3) is 1.00. The standard InChI is InChI=1S/C13H28N2/c1-4-15(10-11(2)3)13(9-14)12-7-5-6-8-12/h11-13H,4-10,14H2,1-3H3. The normalized spacial score (nSPS) is 20.4. The van der Waals surface area contributed by atoms with Crippen LogP contribution in [-0.4, -0.2) is 30.6 Å². The second-order valence-electron chi connectivity index (χ2n) is 5.33. The maximum absolute atomic E-state index is 5.96. The Bertz CT molecular complexity index is 162. The van der Waals surface area contributed by atoms with Crippen LogP contribution < -0.4 is 5.73 Å². The van der Waals surface area contributed by atoms with Gasteiger partial charge in [-0.3, -0.25) is 4.90 Å². The predicted octanol–water partition coefficient (Wildman–Crippen LogP) is 2.48. The van der Waals surface area contributed by atoms with E-state index in [2.05, 4.69) is 25.7 Å². The summed E-state index contributed by atoms with van der Waals surface area (Å²) in [5, 5.41) is 0. The molecule has 0 aromatic heterocycles. The molecule has 2 N–H and O–H groups in total. The highest BCUT2D eigenvalue weighted by molar-refractivity contribution is 4.83. The highest BCUT2D eigenvalue weighted by atomic mass is 15.2. The Morgan fingerprint density at radius 1 is 1.27 bits per heavy atom. The van der Waals surface area contributed by atoms with Crippen molar-refractivity contribution in [2.24, 2.45) is 17.6 Å². The van der Waals surface area contributed by atoms with E-state index in [9.17, 15) is 0 Å². The maximum atomic E-state index is 5.96. The molecule has 90 valence electrons. The van der Waals surface area contributed by atoms with Crippen molar-refractivity contribution in [1.82, 2.24) is 4.90 Å². The molecule has 2 nitrogen and oxygen atoms in total. The molecule has 0 aromatic carbocycles. The van der Waals surface area contributed by atoms with Gasteiger partial charge in [0, 0.05) is 19.1 Å². The Hall–Kier alpha value is -0.0800. The van der Waals surface area contributed by atoms with Gasteiger partial charge in [-0.25, -0.2) is 0 Å². The van der Waals surface area contributed by atoms with E-state index in [0.29, 0.717) is 6.04 Å². The van der Waals surface area contributed by atoms with E-state index in [4.69, 9.17) is 5.73 Å². The first-order chi connectivity index (χ1) is 7.19. The van der Waals surface area contributed by atoms with Gasteiger partial charge < -0.3 is 5.73 Å². The molecule has 15 heavy (non-hydrogen) atoms. The maximum Gasteiger partial charge on any atom is 0.0246 e. The molecular weight excluding hydrogens is 184 g/mol. The first-order valence-electron chi connectivity index (χ1n) is 6.63. The van der Waals surface area contributed by atoms with Crippen LogP contribution in [0.1, 0.15) is 46.5 Å². The lowest BCUT2D eigenvalue weighted by Gasteiger charge is -2.35. The van der Waals surface area contributed by atoms with E-state index in [-0.39, 0.29) is 0 Å². The van der Waals surface area contributed by atoms with Gasteiger partial charge in [0.15, 0.2) is 0 Å². The quantitative estimate of drug-likeness (QED) is 0.733. The molecule has 0 aliphatic heterocycles. The van der Waals surface area contributed by atoms with Gasteiger partial charge in [-0.2, -0.15) is 0 Å². The molecule has 1 saturated carbocycles. The molecule has 0 spiro atoms. The topological polar surface area (TPSA) is 29.3 Å². The van der Waals surface area contributed by atoms with Gasteiger partial charge in [0.05, 0.1) is 0 Å². The summed E-state index contributed by atoms with van der Waals surface area (Å²) in [6.45, 7) is 10.0. The molecule has 1 atom stereocenters. The van der Waals surface area contributed by atoms with Crippen LogP contribution in [0.5, 0.6) is 0 Å². The van der Waals surface area contributed by atoms with E-state index in [1.165, 1.54) is 32.2 Å². The third kappa shape index (κ3) is 3.76. The molecule has 0 amide bonds. The lowest BCUT2D eigenvalue weighted by molar-refractivity contribution is 0.138. The van der Waals surface area contributed by atoms with Gasteiger partial charge in [0.1, 0.15) is 0 Å². The lowest BCUT2D eigenvalue weighted by Crippen LogP contribution is -2.46. The highest BCUT2D eigenvalue weighted by Crippen LogP contribution is 2.30. The van der Waals surface area contributed by atoms with Crippen LogP contribution >= 0.6 is 0 Å². The van der Waals surface area contributed by atoms with Crippen molar-refractivity contribution in [2.75, 3.05) is 19.6 Å². The third-order valence-electron chi connectivity index (χ3n) is 3.66. The minimum absolute atomic E-state index is 0.639. The summed E-state index contributed by atoms with van der Waals surface area (Å²) in [4.78, 5) is 2.60. The molecule has 1 rings (SSSR count). The zero-order valence-corrected chi connectivity index (χ0v) is 10.7. The van der Waals surface area contributed by atoms with Gasteiger partial charge in [-0.05, 0) is 31.2 Å². The summed E-state index contributed by atoms with van der Waals surface area (Å²) in [5.74, 6) is 1.62. The largest absolute Gasteiger partial charge is 0.329 e. The fourth-order valence-corrected chi connectivity index (χ4v) is 2.95. The van der Waals surface area contributed by atoms with E-state index in [1.54, 1.807) is 0 Å². The van der Waals surface area contributed by atoms with Crippen LogP contribution in [0.25, 0.3) is 0 Å². The van der Waals surface area contributed by atoms with Crippen molar-refractivity contribution in [3.63, 3.8) is 0 Å². The van der Waals surface area contributed by atoms with Crippen LogP contribution in [0, 0.1) is 11.8 Å². The number of nitrogens with zero attached hydrogens (tertiary/aromatic N) is 1. The van der Waals surface area contributed by atoms with Crippen LogP contribution in [0.3, 0.4) is 0 Å². The second kappa shape index (κ2) is 6.49. The average molecular weight is 212 g/mol. The first kappa shape index (κ1) is 13.0. The molecule has 0 aromatic rings. The monoisotopic (exact) mass is 212 g/mol. The number of rotatable bonds is 6. The van der Waals surface area contributed by atoms with Crippen molar-refractivity contribution in [2.45, 2.75) is 52.5 Å². The summed E-state index contributed by atoms with van der Waals surface area (Å²) in [6.07, 6.45) is 5.63. The van der Waals surface area contributed by atoms with Gasteiger partial charge in [-0.1, -0.05) is 33.6 Å². The Morgan fingerprint density at radius 3 is 2.27 bits per heavy atom. The minimum Gasteiger partial charge on any atom is -0.329 e. The zero-order chi connectivity index (χ0) is 11.3. The lowest BCUT2D eigenvalue weighted by atomic mass is 9.96. The summed E-state index contributed by atoms with van der Waals surface area (Å²) in [7, 11) is 0. The second-order valence-corrected chi connectivity index (χ2v) is 5.33. The van der Waals surface area contributed by atoms with Crippen LogP contribution in [0.4, 0.5) is 0 Å². The van der Waals surface area contributed by atoms with E-state index >= 15 is 0 Å². The molecule has 1 aliphatic rings. The van der Waals surface area contributed by atoms with Crippen molar-refractivity contribution in [3.8, 4) is 0 Å². The van der Waals surface area contributed by atoms with Gasteiger partial charge >= 0.3 is 0 Å². The summed E-state index contributed by atoms with van der Waals surface area (Å²) in [6, 6.07) is 0.639. The van der Waals surface area contributed by atoms with E-state index in [1.807, 2.05) is 0 Å². The highest BCUT2D eigenvalue weighted by Gasteiger charge is 2.28. The van der Waals surface area contributed by atoms with Gasteiger partial charge in [-0.15, -0.1) is 0 Å². The Morgan fingerprint density at radius 2 is 1.87 bits per heavy atom. The Labute approximate surface area is 95.2 Å². The molecule has 0 saturated heterocycles. The van der Waals surface area contributed by atoms with Crippen LogP contribution in [0.15, 0.2) is 0 Å². The molecule has 1 unspecified atom stereocenters. The van der Waals surface area contributed by atoms with E-state index < -0.39 is 0 Å². The van der Waals surface area contributed by atoms with E-state index in [0.717, 1.165) is 24.9 Å². The van der Waals surface area contributed by atoms with Gasteiger partial charge in [0.25, 0.3) is 0 Å². The molecule has 1 aliphatic carbocycles. The summed E-state index contributed by atoms with van der Waals surface area (Å²) >= 11 is 0. The van der Waals surface area contributed by atoms with Gasteiger partial charge in [0.2, 0.25) is 0 Å². The predicted molar refractivity (Wildman–Crippen MR) is 66.9 cm³/mol. The number of hydrogen-bond donors (Lipinski definition) is 1. The fourth-order valence-electron chi connectivity index (χ4n) is 2.95. The molecule has 0 heterocycles. The number of nitrogens with two attached hydrogens (primary N) is 1. The van der Waals surface area contributed by atoms with Crippen LogP contribution in [0.2, 0.25) is 0 Å². The van der Waals surface area contributed by atoms with Crippen molar-refractivity contribution in [1.29, 1.82) is 0 Å². The number of likely N-dealkylation sites (N-methyl/N-ethyl adjacent to an activating group) is 1. The minimum atomic E-state index is 0.639. The summed E-state index contributed by atoms with van der Waals surface area (Å²) < 4.78 is 0. The molecule has 0 radical (unpaired) electrons. The average Bonchev–Trinajstić information content (AvgIpc) is 2.70. The molecule has 0 bridgehead atoms.